The van der Waals surface area contributed by atoms with Gasteiger partial charge in [0.05, 0.1) is 15.0 Å². The summed E-state index contributed by atoms with van der Waals surface area (Å²) in [6.07, 6.45) is 0. The molecular weight excluding hydrogens is 498 g/mol. The third kappa shape index (κ3) is 7.11. The number of esters is 1. The molecule has 2 rings (SSSR count). The Balaban J connectivity index is 2.00. The van der Waals surface area contributed by atoms with Crippen molar-refractivity contribution in [2.75, 3.05) is 17.9 Å². The second kappa shape index (κ2) is 10.5. The van der Waals surface area contributed by atoms with Gasteiger partial charge >= 0.3 is 12.0 Å². The number of nitrogens with one attached hydrogen (secondary N) is 3. The number of ether oxygens (including phenoxy) is 1. The monoisotopic (exact) mass is 517 g/mol. The van der Waals surface area contributed by atoms with Crippen molar-refractivity contribution in [3.8, 4) is 0 Å². The van der Waals surface area contributed by atoms with Gasteiger partial charge in [-0.25, -0.2) is 18.0 Å². The first kappa shape index (κ1) is 23.8. The van der Waals surface area contributed by atoms with Crippen molar-refractivity contribution in [1.82, 2.24) is 10.6 Å². The Labute approximate surface area is 186 Å². The number of amides is 3. The van der Waals surface area contributed by atoms with Crippen LogP contribution in [0.1, 0.15) is 24.2 Å². The van der Waals surface area contributed by atoms with E-state index < -0.39 is 34.5 Å². The lowest BCUT2D eigenvalue weighted by Gasteiger charge is -2.12. The highest BCUT2D eigenvalue weighted by Crippen LogP contribution is 2.28. The van der Waals surface area contributed by atoms with Crippen LogP contribution in [-0.4, -0.2) is 39.5 Å². The van der Waals surface area contributed by atoms with Crippen molar-refractivity contribution in [1.29, 1.82) is 0 Å². The lowest BCUT2D eigenvalue weighted by atomic mass is 10.2. The molecule has 0 saturated carbocycles. The van der Waals surface area contributed by atoms with Crippen molar-refractivity contribution >= 4 is 60.9 Å². The van der Waals surface area contributed by atoms with E-state index in [1.165, 1.54) is 24.3 Å². The number of sulfonamides is 1. The topological polar surface area (TPSA) is 131 Å². The zero-order chi connectivity index (χ0) is 22.3. The highest BCUT2D eigenvalue weighted by molar-refractivity contribution is 9.11. The first-order chi connectivity index (χ1) is 14.1. The number of urea groups is 1. The summed E-state index contributed by atoms with van der Waals surface area (Å²) in [5, 5.41) is 4.53. The summed E-state index contributed by atoms with van der Waals surface area (Å²) in [6.45, 7) is 3.47. The van der Waals surface area contributed by atoms with E-state index in [1.807, 2.05) is 19.2 Å². The number of thiophene rings is 1. The van der Waals surface area contributed by atoms with Crippen LogP contribution in [0.3, 0.4) is 0 Å². The lowest BCUT2D eigenvalue weighted by molar-refractivity contribution is -0.123. The van der Waals surface area contributed by atoms with Gasteiger partial charge in [0.25, 0.3) is 15.9 Å². The molecule has 12 heteroatoms. The largest absolute Gasteiger partial charge is 0.452 e. The summed E-state index contributed by atoms with van der Waals surface area (Å²) in [7, 11) is -3.91. The Bertz CT molecular complexity index is 1040. The molecule has 30 heavy (non-hydrogen) atoms. The third-order valence-corrected chi connectivity index (χ3v) is 6.94. The number of hydrogen-bond acceptors (Lipinski definition) is 7. The van der Waals surface area contributed by atoms with Gasteiger partial charge in [0, 0.05) is 6.54 Å². The summed E-state index contributed by atoms with van der Waals surface area (Å²) in [4.78, 5) is 35.7. The summed E-state index contributed by atoms with van der Waals surface area (Å²) in [5.41, 5.74) is -0.0733. The fourth-order valence-corrected chi connectivity index (χ4v) is 5.19. The molecule has 0 spiro atoms. The molecule has 9 nitrogen and oxygen atoms in total. The maximum absolute atomic E-state index is 12.5. The number of hydrogen-bond donors (Lipinski definition) is 3. The van der Waals surface area contributed by atoms with Gasteiger partial charge in [0.1, 0.15) is 4.21 Å². The summed E-state index contributed by atoms with van der Waals surface area (Å²) in [5.74, 6) is -1.52. The zero-order valence-corrected chi connectivity index (χ0v) is 19.3. The van der Waals surface area contributed by atoms with Crippen molar-refractivity contribution in [2.24, 2.45) is 5.92 Å². The Kier molecular flexibility index (Phi) is 8.38. The SMILES string of the molecule is CC(C)CNC(=O)NC(=O)COC(=O)c1ccccc1NS(=O)(=O)c1ccc(Br)s1. The van der Waals surface area contributed by atoms with Crippen LogP contribution in [0.25, 0.3) is 0 Å². The standard InChI is InChI=1S/C18H20BrN3O6S2/c1-11(2)9-20-18(25)21-15(23)10-28-17(24)12-5-3-4-6-13(12)22-30(26,27)16-8-7-14(19)29-16/h3-8,11,22H,9-10H2,1-2H3,(H2,20,21,23,25). The first-order valence-electron chi connectivity index (χ1n) is 8.70. The first-order valence-corrected chi connectivity index (χ1v) is 11.8. The number of halogens is 1. The van der Waals surface area contributed by atoms with Gasteiger partial charge in [-0.15, -0.1) is 11.3 Å². The van der Waals surface area contributed by atoms with E-state index in [4.69, 9.17) is 4.74 Å². The molecular formula is C18H20BrN3O6S2. The molecule has 162 valence electrons. The van der Waals surface area contributed by atoms with E-state index in [0.29, 0.717) is 10.3 Å². The van der Waals surface area contributed by atoms with E-state index in [2.05, 4.69) is 26.0 Å². The van der Waals surface area contributed by atoms with Gasteiger partial charge in [0.2, 0.25) is 0 Å². The van der Waals surface area contributed by atoms with E-state index in [0.717, 1.165) is 11.3 Å². The van der Waals surface area contributed by atoms with Gasteiger partial charge in [-0.05, 0) is 46.1 Å². The number of benzene rings is 1. The normalized spacial score (nSPS) is 11.1. The van der Waals surface area contributed by atoms with Crippen LogP contribution >= 0.6 is 27.3 Å². The molecule has 0 aliphatic carbocycles. The van der Waals surface area contributed by atoms with Crippen LogP contribution < -0.4 is 15.4 Å². The van der Waals surface area contributed by atoms with Crippen LogP contribution in [0.4, 0.5) is 10.5 Å². The van der Waals surface area contributed by atoms with E-state index in [1.54, 1.807) is 12.1 Å². The smallest absolute Gasteiger partial charge is 0.340 e. The molecule has 0 aliphatic rings. The summed E-state index contributed by atoms with van der Waals surface area (Å²) >= 11 is 4.21. The van der Waals surface area contributed by atoms with Gasteiger partial charge in [0.15, 0.2) is 6.61 Å². The van der Waals surface area contributed by atoms with Crippen LogP contribution in [0.2, 0.25) is 0 Å². The Morgan fingerprint density at radius 1 is 1.13 bits per heavy atom. The van der Waals surface area contributed by atoms with E-state index in [-0.39, 0.29) is 21.4 Å². The predicted molar refractivity (Wildman–Crippen MR) is 116 cm³/mol. The zero-order valence-electron chi connectivity index (χ0n) is 16.1. The number of anilines is 1. The number of carbonyl (C=O) groups excluding carboxylic acids is 3. The quantitative estimate of drug-likeness (QED) is 0.461. The molecule has 0 atom stereocenters. The second-order valence-corrected chi connectivity index (χ2v) is 10.8. The molecule has 0 bridgehead atoms. The molecule has 1 aromatic heterocycles. The molecule has 0 radical (unpaired) electrons. The average molecular weight is 518 g/mol. The number of para-hydroxylation sites is 1. The molecule has 1 aromatic carbocycles. The Hall–Kier alpha value is -2.44. The van der Waals surface area contributed by atoms with Gasteiger partial charge < -0.3 is 10.1 Å². The molecule has 0 fully saturated rings. The predicted octanol–water partition coefficient (Wildman–Crippen LogP) is 2.95. The molecule has 2 aromatic rings. The van der Waals surface area contributed by atoms with E-state index >= 15 is 0 Å². The van der Waals surface area contributed by atoms with Crippen LogP contribution in [-0.2, 0) is 19.6 Å². The highest BCUT2D eigenvalue weighted by Gasteiger charge is 2.21. The number of carbonyl (C=O) groups is 3. The molecule has 0 aliphatic heterocycles. The molecule has 0 unspecified atom stereocenters. The highest BCUT2D eigenvalue weighted by atomic mass is 79.9. The van der Waals surface area contributed by atoms with Crippen molar-refractivity contribution in [3.63, 3.8) is 0 Å². The van der Waals surface area contributed by atoms with Crippen LogP contribution in [0, 0.1) is 5.92 Å². The fourth-order valence-electron chi connectivity index (χ4n) is 2.10. The van der Waals surface area contributed by atoms with Gasteiger partial charge in [-0.2, -0.15) is 0 Å². The number of rotatable bonds is 8. The minimum atomic E-state index is -3.91. The second-order valence-electron chi connectivity index (χ2n) is 6.44. The lowest BCUT2D eigenvalue weighted by Crippen LogP contribution is -2.42. The maximum Gasteiger partial charge on any atom is 0.340 e. The third-order valence-electron chi connectivity index (χ3n) is 3.46. The molecule has 3 N–H and O–H groups in total. The van der Waals surface area contributed by atoms with Crippen molar-refractivity contribution in [3.05, 3.63) is 45.7 Å². The van der Waals surface area contributed by atoms with Gasteiger partial charge in [-0.3, -0.25) is 14.8 Å². The maximum atomic E-state index is 12.5. The molecule has 3 amide bonds. The summed E-state index contributed by atoms with van der Waals surface area (Å²) < 4.78 is 33.0. The van der Waals surface area contributed by atoms with Gasteiger partial charge in [-0.1, -0.05) is 26.0 Å². The van der Waals surface area contributed by atoms with E-state index in [9.17, 15) is 22.8 Å². The van der Waals surface area contributed by atoms with Crippen LogP contribution in [0.5, 0.6) is 0 Å². The molecule has 0 saturated heterocycles. The minimum Gasteiger partial charge on any atom is -0.452 e. The minimum absolute atomic E-state index is 0.00195. The van der Waals surface area contributed by atoms with Crippen LogP contribution in [0.15, 0.2) is 44.4 Å². The Morgan fingerprint density at radius 3 is 2.47 bits per heavy atom. The van der Waals surface area contributed by atoms with Crippen molar-refractivity contribution < 1.29 is 27.5 Å². The average Bonchev–Trinajstić information content (AvgIpc) is 3.12. The fraction of sp³-hybridized carbons (Fsp3) is 0.278. The molecule has 1 heterocycles. The summed E-state index contributed by atoms with van der Waals surface area (Å²) in [6, 6.07) is 8.15. The Morgan fingerprint density at radius 2 is 1.83 bits per heavy atom. The van der Waals surface area contributed by atoms with Crippen molar-refractivity contribution in [2.45, 2.75) is 18.1 Å². The number of imide groups is 1.